The van der Waals surface area contributed by atoms with Crippen molar-refractivity contribution in [3.63, 3.8) is 0 Å². The molecule has 1 fully saturated rings. The number of nitrogens with one attached hydrogen (secondary N) is 1. The molecule has 170 valence electrons. The van der Waals surface area contributed by atoms with Crippen LogP contribution in [0.1, 0.15) is 17.5 Å². The minimum Gasteiger partial charge on any atom is -0.376 e. The average molecular weight is 545 g/mol. The molecule has 2 aromatic carbocycles. The highest BCUT2D eigenvalue weighted by molar-refractivity contribution is 14.0. The Kier molecular flexibility index (Phi) is 9.55. The molecule has 1 unspecified atom stereocenters. The van der Waals surface area contributed by atoms with Crippen LogP contribution in [0.4, 0.5) is 0 Å². The monoisotopic (exact) mass is 545 g/mol. The summed E-state index contributed by atoms with van der Waals surface area (Å²) in [5, 5.41) is 7.99. The summed E-state index contributed by atoms with van der Waals surface area (Å²) in [6, 6.07) is 20.5. The first-order valence-electron chi connectivity index (χ1n) is 11.0. The Balaban J connectivity index is 0.00000289. The number of likely N-dealkylation sites (tertiary alicyclic amines) is 1. The van der Waals surface area contributed by atoms with E-state index >= 15 is 0 Å². The van der Waals surface area contributed by atoms with Gasteiger partial charge >= 0.3 is 0 Å². The number of para-hydroxylation sites is 1. The van der Waals surface area contributed by atoms with Crippen LogP contribution >= 0.6 is 24.0 Å². The van der Waals surface area contributed by atoms with Crippen LogP contribution in [0.3, 0.4) is 0 Å². The summed E-state index contributed by atoms with van der Waals surface area (Å²) in [7, 11) is 1.86. The molecule has 1 N–H and O–H groups in total. The van der Waals surface area contributed by atoms with Gasteiger partial charge in [-0.25, -0.2) is 4.68 Å². The molecule has 6 nitrogen and oxygen atoms in total. The molecule has 3 aromatic rings. The molecule has 1 saturated heterocycles. The number of halogens is 1. The number of aromatic nitrogens is 2. The fourth-order valence-corrected chi connectivity index (χ4v) is 3.94. The summed E-state index contributed by atoms with van der Waals surface area (Å²) in [4.78, 5) is 6.82. The predicted molar refractivity (Wildman–Crippen MR) is 140 cm³/mol. The van der Waals surface area contributed by atoms with Crippen LogP contribution in [0.15, 0.2) is 78.0 Å². The lowest BCUT2D eigenvalue weighted by molar-refractivity contribution is 0.0907. The van der Waals surface area contributed by atoms with Crippen molar-refractivity contribution in [2.75, 3.05) is 33.3 Å². The Bertz CT molecular complexity index is 961. The highest BCUT2D eigenvalue weighted by Gasteiger charge is 2.24. The molecular formula is C25H32IN5O. The third kappa shape index (κ3) is 6.80. The van der Waals surface area contributed by atoms with Gasteiger partial charge in [0.05, 0.1) is 25.1 Å². The molecular weight excluding hydrogens is 513 g/mol. The van der Waals surface area contributed by atoms with Crippen LogP contribution in [0.5, 0.6) is 0 Å². The maximum absolute atomic E-state index is 5.95. The first-order chi connectivity index (χ1) is 15.3. The third-order valence-corrected chi connectivity index (χ3v) is 5.62. The van der Waals surface area contributed by atoms with E-state index in [1.807, 2.05) is 42.2 Å². The molecule has 0 amide bonds. The summed E-state index contributed by atoms with van der Waals surface area (Å²) in [6.45, 7) is 4.31. The number of hydrogen-bond acceptors (Lipinski definition) is 3. The van der Waals surface area contributed by atoms with E-state index in [9.17, 15) is 0 Å². The fraction of sp³-hybridized carbons (Fsp3) is 0.360. The van der Waals surface area contributed by atoms with Gasteiger partial charge in [0.25, 0.3) is 0 Å². The quantitative estimate of drug-likeness (QED) is 0.263. The zero-order chi connectivity index (χ0) is 21.3. The maximum Gasteiger partial charge on any atom is 0.193 e. The Morgan fingerprint density at radius 3 is 2.59 bits per heavy atom. The lowest BCUT2D eigenvalue weighted by Crippen LogP contribution is -2.41. The Hall–Kier alpha value is -2.39. The van der Waals surface area contributed by atoms with Crippen LogP contribution in [0.25, 0.3) is 5.69 Å². The third-order valence-electron chi connectivity index (χ3n) is 5.62. The maximum atomic E-state index is 5.95. The number of guanidine groups is 1. The molecule has 2 heterocycles. The highest BCUT2D eigenvalue weighted by Crippen LogP contribution is 2.17. The van der Waals surface area contributed by atoms with E-state index in [0.717, 1.165) is 50.7 Å². The molecule has 1 atom stereocenters. The number of nitrogens with zero attached hydrogens (tertiary/aromatic N) is 4. The van der Waals surface area contributed by atoms with Crippen molar-refractivity contribution in [1.29, 1.82) is 0 Å². The summed E-state index contributed by atoms with van der Waals surface area (Å²) in [5.74, 6) is 1.52. The van der Waals surface area contributed by atoms with Gasteiger partial charge in [-0.05, 0) is 36.1 Å². The Morgan fingerprint density at radius 2 is 1.84 bits per heavy atom. The highest BCUT2D eigenvalue weighted by atomic mass is 127. The van der Waals surface area contributed by atoms with E-state index in [1.54, 1.807) is 0 Å². The molecule has 0 saturated carbocycles. The number of aliphatic imine (C=N–C) groups is 1. The second-order valence-electron chi connectivity index (χ2n) is 7.95. The average Bonchev–Trinajstić information content (AvgIpc) is 3.48. The molecule has 7 heteroatoms. The molecule has 0 spiro atoms. The van der Waals surface area contributed by atoms with Gasteiger partial charge in [-0.2, -0.15) is 5.10 Å². The van der Waals surface area contributed by atoms with E-state index in [1.165, 1.54) is 11.1 Å². The van der Waals surface area contributed by atoms with Crippen molar-refractivity contribution < 1.29 is 4.74 Å². The number of benzene rings is 2. The summed E-state index contributed by atoms with van der Waals surface area (Å²) < 4.78 is 7.87. The van der Waals surface area contributed by atoms with Gasteiger partial charge in [0.15, 0.2) is 5.96 Å². The van der Waals surface area contributed by atoms with Crippen molar-refractivity contribution in [2.45, 2.75) is 19.4 Å². The normalized spacial score (nSPS) is 16.1. The van der Waals surface area contributed by atoms with Gasteiger partial charge in [0, 0.05) is 38.8 Å². The molecule has 0 radical (unpaired) electrons. The molecule has 1 aliphatic rings. The van der Waals surface area contributed by atoms with Crippen molar-refractivity contribution in [3.05, 3.63) is 84.2 Å². The molecule has 4 rings (SSSR count). The van der Waals surface area contributed by atoms with Crippen LogP contribution in [0.2, 0.25) is 0 Å². The number of hydrogen-bond donors (Lipinski definition) is 1. The van der Waals surface area contributed by atoms with Gasteiger partial charge in [-0.1, -0.05) is 48.5 Å². The van der Waals surface area contributed by atoms with E-state index in [2.05, 4.69) is 62.9 Å². The lowest BCUT2D eigenvalue weighted by atomic mass is 10.1. The Labute approximate surface area is 207 Å². The van der Waals surface area contributed by atoms with Gasteiger partial charge < -0.3 is 15.0 Å². The van der Waals surface area contributed by atoms with Gasteiger partial charge in [-0.15, -0.1) is 24.0 Å². The fourth-order valence-electron chi connectivity index (χ4n) is 3.94. The van der Waals surface area contributed by atoms with Crippen LogP contribution < -0.4 is 5.32 Å². The topological polar surface area (TPSA) is 54.7 Å². The first kappa shape index (κ1) is 24.3. The van der Waals surface area contributed by atoms with E-state index in [-0.39, 0.29) is 24.0 Å². The van der Waals surface area contributed by atoms with E-state index in [0.29, 0.717) is 12.5 Å². The summed E-state index contributed by atoms with van der Waals surface area (Å²) >= 11 is 0. The second-order valence-corrected chi connectivity index (χ2v) is 7.95. The van der Waals surface area contributed by atoms with Crippen molar-refractivity contribution in [2.24, 2.45) is 10.9 Å². The number of ether oxygens (including phenoxy) is 1. The van der Waals surface area contributed by atoms with Crippen LogP contribution in [-0.2, 0) is 17.8 Å². The molecule has 1 aliphatic heterocycles. The predicted octanol–water partition coefficient (Wildman–Crippen LogP) is 4.15. The first-order valence-corrected chi connectivity index (χ1v) is 11.0. The Morgan fingerprint density at radius 1 is 1.09 bits per heavy atom. The summed E-state index contributed by atoms with van der Waals surface area (Å²) in [5.41, 5.74) is 3.51. The second kappa shape index (κ2) is 12.6. The van der Waals surface area contributed by atoms with Crippen molar-refractivity contribution in [1.82, 2.24) is 20.0 Å². The van der Waals surface area contributed by atoms with Gasteiger partial charge in [-0.3, -0.25) is 4.99 Å². The summed E-state index contributed by atoms with van der Waals surface area (Å²) in [6.07, 6.45) is 6.08. The van der Waals surface area contributed by atoms with Crippen LogP contribution in [0, 0.1) is 5.92 Å². The SMILES string of the molecule is CN=C(NCCc1cnn(-c2ccccc2)c1)N1CCC(COCc2ccccc2)C1.I. The minimum atomic E-state index is 0. The smallest absolute Gasteiger partial charge is 0.193 e. The molecule has 0 aliphatic carbocycles. The van der Waals surface area contributed by atoms with Crippen molar-refractivity contribution in [3.8, 4) is 5.69 Å². The molecule has 32 heavy (non-hydrogen) atoms. The zero-order valence-electron chi connectivity index (χ0n) is 18.6. The number of rotatable bonds is 8. The zero-order valence-corrected chi connectivity index (χ0v) is 20.9. The van der Waals surface area contributed by atoms with E-state index in [4.69, 9.17) is 4.74 Å². The van der Waals surface area contributed by atoms with Crippen LogP contribution in [-0.4, -0.2) is 53.9 Å². The van der Waals surface area contributed by atoms with E-state index < -0.39 is 0 Å². The van der Waals surface area contributed by atoms with Crippen molar-refractivity contribution >= 4 is 29.9 Å². The molecule has 1 aromatic heterocycles. The standard InChI is InChI=1S/C25H31N5O.HI/c1-26-25(27-14-12-22-16-28-30(18-22)24-10-6-3-7-11-24)29-15-13-23(17-29)20-31-19-21-8-4-2-5-9-21;/h2-11,16,18,23H,12-15,17,19-20H2,1H3,(H,26,27);1H. The van der Waals surface area contributed by atoms with Gasteiger partial charge in [0.2, 0.25) is 0 Å². The largest absolute Gasteiger partial charge is 0.376 e. The minimum absolute atomic E-state index is 0. The molecule has 0 bridgehead atoms. The lowest BCUT2D eigenvalue weighted by Gasteiger charge is -2.21. The van der Waals surface area contributed by atoms with Gasteiger partial charge in [0.1, 0.15) is 0 Å².